The molecule has 0 aromatic rings. The van der Waals surface area contributed by atoms with Crippen molar-refractivity contribution in [3.05, 3.63) is 0 Å². The van der Waals surface area contributed by atoms with Crippen molar-refractivity contribution in [2.24, 2.45) is 0 Å². The summed E-state index contributed by atoms with van der Waals surface area (Å²) in [6.45, 7) is 4.58. The van der Waals surface area contributed by atoms with Gasteiger partial charge in [-0.15, -0.1) is 0 Å². The van der Waals surface area contributed by atoms with Gasteiger partial charge in [0.2, 0.25) is 5.91 Å². The SMILES string of the molecule is CC(C)N(CCC#N)C(=O)CC1CS(=O)(=O)CCN1. The highest BCUT2D eigenvalue weighted by Gasteiger charge is 2.28. The van der Waals surface area contributed by atoms with Gasteiger partial charge in [-0.1, -0.05) is 0 Å². The summed E-state index contributed by atoms with van der Waals surface area (Å²) in [4.78, 5) is 13.8. The van der Waals surface area contributed by atoms with Crippen molar-refractivity contribution in [1.82, 2.24) is 10.2 Å². The van der Waals surface area contributed by atoms with Crippen molar-refractivity contribution in [3.8, 4) is 6.07 Å². The van der Waals surface area contributed by atoms with Crippen LogP contribution in [0.15, 0.2) is 0 Å². The minimum Gasteiger partial charge on any atom is -0.339 e. The molecule has 0 aromatic carbocycles. The Morgan fingerprint density at radius 2 is 2.21 bits per heavy atom. The minimum atomic E-state index is -3.03. The van der Waals surface area contributed by atoms with Gasteiger partial charge in [-0.25, -0.2) is 8.42 Å². The van der Waals surface area contributed by atoms with Crippen LogP contribution in [0.1, 0.15) is 26.7 Å². The highest BCUT2D eigenvalue weighted by molar-refractivity contribution is 7.91. The van der Waals surface area contributed by atoms with Crippen LogP contribution in [0.2, 0.25) is 0 Å². The zero-order valence-corrected chi connectivity index (χ0v) is 12.2. The standard InChI is InChI=1S/C12H21N3O3S/c1-10(2)15(6-3-4-13)12(16)8-11-9-19(17,18)7-5-14-11/h10-11,14H,3,5-9H2,1-2H3. The molecule has 1 N–H and O–H groups in total. The van der Waals surface area contributed by atoms with E-state index in [9.17, 15) is 13.2 Å². The Labute approximate surface area is 114 Å². The van der Waals surface area contributed by atoms with E-state index in [-0.39, 0.29) is 35.9 Å². The van der Waals surface area contributed by atoms with Crippen LogP contribution in [-0.4, -0.2) is 55.9 Å². The van der Waals surface area contributed by atoms with Crippen LogP contribution in [0.25, 0.3) is 0 Å². The van der Waals surface area contributed by atoms with Crippen LogP contribution in [0, 0.1) is 11.3 Å². The van der Waals surface area contributed by atoms with Gasteiger partial charge in [0.05, 0.1) is 24.0 Å². The zero-order chi connectivity index (χ0) is 14.5. The first-order chi connectivity index (χ1) is 8.85. The van der Waals surface area contributed by atoms with Crippen LogP contribution in [0.4, 0.5) is 0 Å². The average Bonchev–Trinajstić information content (AvgIpc) is 2.27. The maximum absolute atomic E-state index is 12.2. The molecule has 1 saturated heterocycles. The Kier molecular flexibility index (Phi) is 5.76. The Hall–Kier alpha value is -1.13. The third-order valence-corrected chi connectivity index (χ3v) is 4.87. The van der Waals surface area contributed by atoms with Gasteiger partial charge in [0, 0.05) is 31.6 Å². The van der Waals surface area contributed by atoms with E-state index < -0.39 is 9.84 Å². The number of hydrogen-bond acceptors (Lipinski definition) is 5. The predicted octanol–water partition coefficient (Wildman–Crippen LogP) is -0.0862. The first-order valence-electron chi connectivity index (χ1n) is 6.46. The Morgan fingerprint density at radius 1 is 1.53 bits per heavy atom. The molecule has 1 amide bonds. The van der Waals surface area contributed by atoms with Gasteiger partial charge in [0.25, 0.3) is 0 Å². The fraction of sp³-hybridized carbons (Fsp3) is 0.833. The Balaban J connectivity index is 2.59. The third kappa shape index (κ3) is 5.17. The van der Waals surface area contributed by atoms with E-state index in [1.807, 2.05) is 19.9 Å². The van der Waals surface area contributed by atoms with E-state index in [1.165, 1.54) is 0 Å². The van der Waals surface area contributed by atoms with Gasteiger partial charge in [-0.2, -0.15) is 5.26 Å². The van der Waals surface area contributed by atoms with Gasteiger partial charge in [0.1, 0.15) is 0 Å². The number of nitriles is 1. The summed E-state index contributed by atoms with van der Waals surface area (Å²) >= 11 is 0. The first-order valence-corrected chi connectivity index (χ1v) is 8.28. The molecule has 1 heterocycles. The second-order valence-electron chi connectivity index (χ2n) is 5.06. The molecule has 0 aliphatic carbocycles. The molecule has 6 nitrogen and oxygen atoms in total. The lowest BCUT2D eigenvalue weighted by Gasteiger charge is -2.29. The number of carbonyl (C=O) groups is 1. The van der Waals surface area contributed by atoms with Gasteiger partial charge in [-0.05, 0) is 13.8 Å². The van der Waals surface area contributed by atoms with Crippen molar-refractivity contribution in [2.75, 3.05) is 24.6 Å². The molecule has 108 valence electrons. The second-order valence-corrected chi connectivity index (χ2v) is 7.29. The molecule has 7 heteroatoms. The minimum absolute atomic E-state index is 0.0149. The average molecular weight is 287 g/mol. The molecule has 0 bridgehead atoms. The maximum atomic E-state index is 12.2. The number of carbonyl (C=O) groups excluding carboxylic acids is 1. The molecule has 1 aliphatic heterocycles. The van der Waals surface area contributed by atoms with Crippen molar-refractivity contribution in [3.63, 3.8) is 0 Å². The molecule has 19 heavy (non-hydrogen) atoms. The van der Waals surface area contributed by atoms with Crippen molar-refractivity contribution < 1.29 is 13.2 Å². The quantitative estimate of drug-likeness (QED) is 0.763. The van der Waals surface area contributed by atoms with Gasteiger partial charge >= 0.3 is 0 Å². The molecular formula is C12H21N3O3S. The maximum Gasteiger partial charge on any atom is 0.224 e. The second kappa shape index (κ2) is 6.87. The lowest BCUT2D eigenvalue weighted by atomic mass is 10.1. The van der Waals surface area contributed by atoms with E-state index in [0.29, 0.717) is 19.5 Å². The number of nitrogens with zero attached hydrogens (tertiary/aromatic N) is 2. The normalized spacial score (nSPS) is 21.9. The Bertz CT molecular complexity index is 453. The summed E-state index contributed by atoms with van der Waals surface area (Å²) in [7, 11) is -3.03. The number of hydrogen-bond donors (Lipinski definition) is 1. The Morgan fingerprint density at radius 3 is 2.74 bits per heavy atom. The first kappa shape index (κ1) is 15.9. The molecule has 1 atom stereocenters. The summed E-state index contributed by atoms with van der Waals surface area (Å²) in [5, 5.41) is 11.7. The highest BCUT2D eigenvalue weighted by Crippen LogP contribution is 2.09. The fourth-order valence-corrected chi connectivity index (χ4v) is 3.61. The fourth-order valence-electron chi connectivity index (χ4n) is 2.17. The van der Waals surface area contributed by atoms with Crippen molar-refractivity contribution in [1.29, 1.82) is 5.26 Å². The van der Waals surface area contributed by atoms with Crippen molar-refractivity contribution >= 4 is 15.7 Å². The van der Waals surface area contributed by atoms with E-state index in [4.69, 9.17) is 5.26 Å². The largest absolute Gasteiger partial charge is 0.339 e. The molecule has 1 rings (SSSR count). The van der Waals surface area contributed by atoms with Crippen LogP contribution >= 0.6 is 0 Å². The number of rotatable bonds is 5. The van der Waals surface area contributed by atoms with Crippen molar-refractivity contribution in [2.45, 2.75) is 38.8 Å². The summed E-state index contributed by atoms with van der Waals surface area (Å²) in [6, 6.07) is 1.72. The highest BCUT2D eigenvalue weighted by atomic mass is 32.2. The zero-order valence-electron chi connectivity index (χ0n) is 11.4. The molecule has 1 aliphatic rings. The third-order valence-electron chi connectivity index (χ3n) is 3.13. The van der Waals surface area contributed by atoms with E-state index in [1.54, 1.807) is 4.90 Å². The van der Waals surface area contributed by atoms with Gasteiger partial charge in [-0.3, -0.25) is 4.79 Å². The molecule has 0 spiro atoms. The number of sulfone groups is 1. The molecule has 0 saturated carbocycles. The smallest absolute Gasteiger partial charge is 0.224 e. The molecule has 1 fully saturated rings. The van der Waals surface area contributed by atoms with Crippen LogP contribution in [0.3, 0.4) is 0 Å². The summed E-state index contributed by atoms with van der Waals surface area (Å²) in [5.41, 5.74) is 0. The van der Waals surface area contributed by atoms with Gasteiger partial charge < -0.3 is 10.2 Å². The molecule has 0 aromatic heterocycles. The van der Waals surface area contributed by atoms with Crippen LogP contribution < -0.4 is 5.32 Å². The number of nitrogens with one attached hydrogen (secondary N) is 1. The lowest BCUT2D eigenvalue weighted by molar-refractivity contribution is -0.133. The van der Waals surface area contributed by atoms with Gasteiger partial charge in [0.15, 0.2) is 9.84 Å². The molecule has 1 unspecified atom stereocenters. The van der Waals surface area contributed by atoms with Crippen LogP contribution in [-0.2, 0) is 14.6 Å². The topological polar surface area (TPSA) is 90.3 Å². The summed E-state index contributed by atoms with van der Waals surface area (Å²) in [5.74, 6) is 0.0583. The molecule has 0 radical (unpaired) electrons. The van der Waals surface area contributed by atoms with E-state index in [2.05, 4.69) is 5.32 Å². The monoisotopic (exact) mass is 287 g/mol. The summed E-state index contributed by atoms with van der Waals surface area (Å²) < 4.78 is 23.0. The van der Waals surface area contributed by atoms with E-state index in [0.717, 1.165) is 0 Å². The van der Waals surface area contributed by atoms with Crippen LogP contribution in [0.5, 0.6) is 0 Å². The predicted molar refractivity (Wildman–Crippen MR) is 72.1 cm³/mol. The lowest BCUT2D eigenvalue weighted by Crippen LogP contribution is -2.48. The van der Waals surface area contributed by atoms with E-state index >= 15 is 0 Å². The molecular weight excluding hydrogens is 266 g/mol. The number of amides is 1. The summed E-state index contributed by atoms with van der Waals surface area (Å²) in [6.07, 6.45) is 0.461.